The van der Waals surface area contributed by atoms with Crippen LogP contribution in [0.4, 0.5) is 0 Å². The Kier molecular flexibility index (Phi) is 5.38. The van der Waals surface area contributed by atoms with E-state index >= 15 is 0 Å². The molecule has 1 aromatic heterocycles. The van der Waals surface area contributed by atoms with Crippen LogP contribution in [0.1, 0.15) is 25.5 Å². The molecular formula is C15H22N2O4. The van der Waals surface area contributed by atoms with Gasteiger partial charge >= 0.3 is 5.97 Å². The number of ether oxygens (including phenoxy) is 1. The molecule has 6 nitrogen and oxygen atoms in total. The van der Waals surface area contributed by atoms with Crippen molar-refractivity contribution in [3.05, 3.63) is 24.2 Å². The summed E-state index contributed by atoms with van der Waals surface area (Å²) in [5.41, 5.74) is 0. The van der Waals surface area contributed by atoms with Crippen molar-refractivity contribution in [3.8, 4) is 0 Å². The van der Waals surface area contributed by atoms with Gasteiger partial charge < -0.3 is 14.5 Å². The smallest absolute Gasteiger partial charge is 0.309 e. The predicted molar refractivity (Wildman–Crippen MR) is 76.3 cm³/mol. The summed E-state index contributed by atoms with van der Waals surface area (Å²) < 4.78 is 9.98. The number of carbonyl (C=O) groups is 2. The molecule has 1 aliphatic heterocycles. The number of carbonyl (C=O) groups excluding carboxylic acids is 2. The number of hydrogen-bond acceptors (Lipinski definition) is 5. The molecule has 1 amide bonds. The molecule has 0 aromatic carbocycles. The van der Waals surface area contributed by atoms with Crippen LogP contribution in [0.15, 0.2) is 22.8 Å². The second-order valence-corrected chi connectivity index (χ2v) is 5.33. The van der Waals surface area contributed by atoms with Crippen LogP contribution in [0.25, 0.3) is 0 Å². The molecule has 2 heterocycles. The number of esters is 1. The van der Waals surface area contributed by atoms with Gasteiger partial charge in [-0.05, 0) is 38.4 Å². The SMILES string of the molecule is COC(=O)[C@H]1CCCN(C(C)C(=O)NCc2ccco2)C1. The van der Waals surface area contributed by atoms with Gasteiger partial charge in [-0.15, -0.1) is 0 Å². The maximum atomic E-state index is 12.2. The zero-order valence-corrected chi connectivity index (χ0v) is 12.5. The highest BCUT2D eigenvalue weighted by molar-refractivity contribution is 5.81. The van der Waals surface area contributed by atoms with E-state index < -0.39 is 0 Å². The largest absolute Gasteiger partial charge is 0.469 e. The zero-order valence-electron chi connectivity index (χ0n) is 12.5. The van der Waals surface area contributed by atoms with E-state index in [0.29, 0.717) is 13.1 Å². The van der Waals surface area contributed by atoms with Crippen LogP contribution < -0.4 is 5.32 Å². The lowest BCUT2D eigenvalue weighted by Gasteiger charge is -2.34. The van der Waals surface area contributed by atoms with Crippen molar-refractivity contribution in [1.29, 1.82) is 0 Å². The van der Waals surface area contributed by atoms with E-state index in [1.165, 1.54) is 7.11 Å². The van der Waals surface area contributed by atoms with Crippen molar-refractivity contribution in [3.63, 3.8) is 0 Å². The van der Waals surface area contributed by atoms with Crippen LogP contribution in [-0.4, -0.2) is 43.0 Å². The van der Waals surface area contributed by atoms with E-state index in [1.54, 1.807) is 12.3 Å². The lowest BCUT2D eigenvalue weighted by molar-refractivity contribution is -0.148. The first-order valence-electron chi connectivity index (χ1n) is 7.23. The van der Waals surface area contributed by atoms with E-state index in [4.69, 9.17) is 9.15 Å². The van der Waals surface area contributed by atoms with Gasteiger partial charge in [0.25, 0.3) is 0 Å². The summed E-state index contributed by atoms with van der Waals surface area (Å²) in [6, 6.07) is 3.34. The molecule has 1 unspecified atom stereocenters. The van der Waals surface area contributed by atoms with Gasteiger partial charge in [-0.3, -0.25) is 14.5 Å². The number of nitrogens with zero attached hydrogens (tertiary/aromatic N) is 1. The van der Waals surface area contributed by atoms with Crippen LogP contribution in [0.5, 0.6) is 0 Å². The van der Waals surface area contributed by atoms with E-state index in [0.717, 1.165) is 25.1 Å². The van der Waals surface area contributed by atoms with E-state index in [9.17, 15) is 9.59 Å². The fraction of sp³-hybridized carbons (Fsp3) is 0.600. The van der Waals surface area contributed by atoms with Gasteiger partial charge in [0.1, 0.15) is 5.76 Å². The lowest BCUT2D eigenvalue weighted by Crippen LogP contribution is -2.50. The van der Waals surface area contributed by atoms with Crippen molar-refractivity contribution >= 4 is 11.9 Å². The Balaban J connectivity index is 1.84. The van der Waals surface area contributed by atoms with Gasteiger partial charge in [0.2, 0.25) is 5.91 Å². The predicted octanol–water partition coefficient (Wildman–Crippen LogP) is 1.17. The second kappa shape index (κ2) is 7.26. The first kappa shape index (κ1) is 15.6. The average molecular weight is 294 g/mol. The molecule has 2 atom stereocenters. The van der Waals surface area contributed by atoms with Crippen molar-refractivity contribution in [1.82, 2.24) is 10.2 Å². The van der Waals surface area contributed by atoms with Crippen molar-refractivity contribution in [2.45, 2.75) is 32.4 Å². The number of amides is 1. The summed E-state index contributed by atoms with van der Waals surface area (Å²) in [6.07, 6.45) is 3.30. The van der Waals surface area contributed by atoms with E-state index in [1.807, 2.05) is 17.9 Å². The molecule has 0 radical (unpaired) electrons. The number of rotatable bonds is 5. The average Bonchev–Trinajstić information content (AvgIpc) is 3.04. The Hall–Kier alpha value is -1.82. The molecule has 21 heavy (non-hydrogen) atoms. The maximum absolute atomic E-state index is 12.2. The molecular weight excluding hydrogens is 272 g/mol. The molecule has 0 spiro atoms. The minimum absolute atomic E-state index is 0.0584. The summed E-state index contributed by atoms with van der Waals surface area (Å²) in [5, 5.41) is 2.85. The fourth-order valence-electron chi connectivity index (χ4n) is 2.62. The number of hydrogen-bond donors (Lipinski definition) is 1. The van der Waals surface area contributed by atoms with Gasteiger partial charge in [-0.25, -0.2) is 0 Å². The Morgan fingerprint density at radius 1 is 1.57 bits per heavy atom. The van der Waals surface area contributed by atoms with Crippen LogP contribution in [0.2, 0.25) is 0 Å². The second-order valence-electron chi connectivity index (χ2n) is 5.33. The van der Waals surface area contributed by atoms with Crippen LogP contribution in [0, 0.1) is 5.92 Å². The molecule has 0 saturated carbocycles. The normalized spacial score (nSPS) is 20.8. The van der Waals surface area contributed by atoms with Crippen LogP contribution >= 0.6 is 0 Å². The Bertz CT molecular complexity index is 472. The third kappa shape index (κ3) is 4.07. The number of likely N-dealkylation sites (tertiary alicyclic amines) is 1. The minimum atomic E-state index is -0.271. The summed E-state index contributed by atoms with van der Waals surface area (Å²) in [7, 11) is 1.40. The molecule has 1 aliphatic rings. The molecule has 116 valence electrons. The molecule has 0 bridgehead atoms. The first-order valence-corrected chi connectivity index (χ1v) is 7.23. The Labute approximate surface area is 124 Å². The molecule has 1 aromatic rings. The Morgan fingerprint density at radius 3 is 3.05 bits per heavy atom. The summed E-state index contributed by atoms with van der Waals surface area (Å²) in [4.78, 5) is 25.8. The van der Waals surface area contributed by atoms with Crippen molar-refractivity contribution < 1.29 is 18.7 Å². The quantitative estimate of drug-likeness (QED) is 0.825. The highest BCUT2D eigenvalue weighted by atomic mass is 16.5. The fourth-order valence-corrected chi connectivity index (χ4v) is 2.62. The molecule has 1 N–H and O–H groups in total. The van der Waals surface area contributed by atoms with Gasteiger partial charge in [0.15, 0.2) is 0 Å². The molecule has 1 fully saturated rings. The third-order valence-electron chi connectivity index (χ3n) is 3.93. The number of furan rings is 1. The number of methoxy groups -OCH3 is 1. The summed E-state index contributed by atoms with van der Waals surface area (Å²) in [6.45, 7) is 3.63. The minimum Gasteiger partial charge on any atom is -0.469 e. The van der Waals surface area contributed by atoms with E-state index in [-0.39, 0.29) is 23.8 Å². The monoisotopic (exact) mass is 294 g/mol. The molecule has 6 heteroatoms. The number of piperidine rings is 1. The topological polar surface area (TPSA) is 71.8 Å². The Morgan fingerprint density at radius 2 is 2.38 bits per heavy atom. The highest BCUT2D eigenvalue weighted by Gasteiger charge is 2.31. The van der Waals surface area contributed by atoms with Gasteiger partial charge in [0, 0.05) is 6.54 Å². The first-order chi connectivity index (χ1) is 10.1. The highest BCUT2D eigenvalue weighted by Crippen LogP contribution is 2.19. The summed E-state index contributed by atoms with van der Waals surface area (Å²) in [5.74, 6) is 0.338. The van der Waals surface area contributed by atoms with Gasteiger partial charge in [0.05, 0.1) is 31.9 Å². The maximum Gasteiger partial charge on any atom is 0.309 e. The number of nitrogens with one attached hydrogen (secondary N) is 1. The van der Waals surface area contributed by atoms with E-state index in [2.05, 4.69) is 5.32 Å². The molecule has 1 saturated heterocycles. The molecule has 0 aliphatic carbocycles. The third-order valence-corrected chi connectivity index (χ3v) is 3.93. The summed E-state index contributed by atoms with van der Waals surface area (Å²) >= 11 is 0. The lowest BCUT2D eigenvalue weighted by atomic mass is 9.97. The van der Waals surface area contributed by atoms with Gasteiger partial charge in [-0.2, -0.15) is 0 Å². The van der Waals surface area contributed by atoms with Crippen LogP contribution in [0.3, 0.4) is 0 Å². The van der Waals surface area contributed by atoms with Crippen LogP contribution in [-0.2, 0) is 20.9 Å². The van der Waals surface area contributed by atoms with Gasteiger partial charge in [-0.1, -0.05) is 0 Å². The standard InChI is InChI=1S/C15H22N2O4/c1-11(14(18)16-9-13-6-4-8-21-13)17-7-3-5-12(10-17)15(19)20-2/h4,6,8,11-12H,3,5,7,9-10H2,1-2H3,(H,16,18)/t11?,12-/m0/s1. The molecule has 2 rings (SSSR count). The van der Waals surface area contributed by atoms with Crippen molar-refractivity contribution in [2.75, 3.05) is 20.2 Å². The zero-order chi connectivity index (χ0) is 15.2. The van der Waals surface area contributed by atoms with Crippen molar-refractivity contribution in [2.24, 2.45) is 5.92 Å².